The van der Waals surface area contributed by atoms with E-state index in [1.54, 1.807) is 36.4 Å². The Kier molecular flexibility index (Phi) is 12.5. The van der Waals surface area contributed by atoms with Crippen molar-refractivity contribution in [3.63, 3.8) is 0 Å². The van der Waals surface area contributed by atoms with E-state index in [0.29, 0.717) is 39.3 Å². The fourth-order valence-corrected chi connectivity index (χ4v) is 5.78. The molecule has 0 saturated heterocycles. The number of anilines is 3. The highest BCUT2D eigenvalue weighted by molar-refractivity contribution is 6.29. The van der Waals surface area contributed by atoms with Crippen LogP contribution in [0.15, 0.2) is 146 Å². The van der Waals surface area contributed by atoms with E-state index in [2.05, 4.69) is 30.6 Å². The fourth-order valence-electron chi connectivity index (χ4n) is 5.63. The van der Waals surface area contributed by atoms with Crippen molar-refractivity contribution in [2.75, 3.05) is 24.3 Å². The molecule has 3 heterocycles. The molecule has 0 amide bonds. The number of phenols is 1. The van der Waals surface area contributed by atoms with Crippen LogP contribution in [0, 0.1) is 11.6 Å². The molecule has 0 saturated carbocycles. The molecule has 0 bridgehead atoms. The van der Waals surface area contributed by atoms with E-state index in [4.69, 9.17) is 33.5 Å². The molecule has 0 unspecified atom stereocenters. The van der Waals surface area contributed by atoms with Crippen LogP contribution in [0.4, 0.5) is 26.2 Å². The summed E-state index contributed by atoms with van der Waals surface area (Å²) >= 11 is 5.74. The predicted octanol–water partition coefficient (Wildman–Crippen LogP) is 9.16. The Morgan fingerprint density at radius 3 is 1.35 bits per heavy atom. The average molecular weight is 782 g/mol. The molecule has 57 heavy (non-hydrogen) atoms. The Bertz CT molecular complexity index is 2610. The molecule has 0 aliphatic heterocycles. The van der Waals surface area contributed by atoms with Crippen molar-refractivity contribution in [3.8, 4) is 67.4 Å². The van der Waals surface area contributed by atoms with Gasteiger partial charge in [-0.25, -0.2) is 8.78 Å². The zero-order valence-corrected chi connectivity index (χ0v) is 31.0. The van der Waals surface area contributed by atoms with Gasteiger partial charge in [0, 0.05) is 27.8 Å². The molecule has 8 aromatic rings. The normalized spacial score (nSPS) is 10.4. The summed E-state index contributed by atoms with van der Waals surface area (Å²) in [5.74, 6) is -0.463. The first-order valence-electron chi connectivity index (χ1n) is 17.2. The maximum Gasteiger partial charge on any atom is 0.165 e. The number of methoxy groups -OCH3 is 1. The minimum atomic E-state index is -0.701. The summed E-state index contributed by atoms with van der Waals surface area (Å²) in [6.07, 6.45) is 0. The number of nitrogens with two attached hydrogens (primary N) is 3. The van der Waals surface area contributed by atoms with Crippen molar-refractivity contribution in [2.24, 2.45) is 0 Å². The van der Waals surface area contributed by atoms with Gasteiger partial charge in [0.1, 0.15) is 0 Å². The largest absolute Gasteiger partial charge is 0.504 e. The minimum Gasteiger partial charge on any atom is -0.504 e. The lowest BCUT2D eigenvalue weighted by molar-refractivity contribution is 0.388. The van der Waals surface area contributed by atoms with Crippen LogP contribution < -0.4 is 21.9 Å². The Balaban J connectivity index is 0.000000148. The van der Waals surface area contributed by atoms with Crippen molar-refractivity contribution in [1.29, 1.82) is 0 Å². The first-order valence-corrected chi connectivity index (χ1v) is 17.5. The summed E-state index contributed by atoms with van der Waals surface area (Å²) in [4.78, 5) is 0. The summed E-state index contributed by atoms with van der Waals surface area (Å²) < 4.78 is 32.4. The van der Waals surface area contributed by atoms with Crippen LogP contribution in [0.25, 0.3) is 55.9 Å². The van der Waals surface area contributed by atoms with Gasteiger partial charge in [0.2, 0.25) is 0 Å². The lowest BCUT2D eigenvalue weighted by Gasteiger charge is -2.10. The zero-order valence-electron chi connectivity index (χ0n) is 30.3. The quantitative estimate of drug-likeness (QED) is 0.126. The number of aromatic nitrogens is 6. The van der Waals surface area contributed by atoms with Gasteiger partial charge in [0.05, 0.1) is 18.5 Å². The van der Waals surface area contributed by atoms with Gasteiger partial charge in [-0.3, -0.25) is 0 Å². The third kappa shape index (κ3) is 9.42. The number of phenolic OH excluding ortho intramolecular Hbond substituents is 1. The Morgan fingerprint density at radius 2 is 0.877 bits per heavy atom. The maximum atomic E-state index is 13.8. The number of rotatable bonds is 6. The molecule has 0 radical (unpaired) electrons. The van der Waals surface area contributed by atoms with E-state index >= 15 is 0 Å². The van der Waals surface area contributed by atoms with Gasteiger partial charge in [0.25, 0.3) is 0 Å². The zero-order chi connectivity index (χ0) is 40.3. The molecule has 0 aliphatic rings. The SMILES string of the molecule is COc1c(F)cccc1-c1cc(-c2ccccc2)c(N)nn1.Nc1nnc(-c2cccc(F)c2O)cc1-c1ccccc1.Nc1nnc(Cl)cc1-c1ccccc1. The number of benzene rings is 5. The molecule has 284 valence electrons. The summed E-state index contributed by atoms with van der Waals surface area (Å²) in [6, 6.07) is 42.9. The van der Waals surface area contributed by atoms with Crippen molar-refractivity contribution >= 4 is 29.1 Å². The van der Waals surface area contributed by atoms with Crippen LogP contribution in [0.2, 0.25) is 5.15 Å². The highest BCUT2D eigenvalue weighted by atomic mass is 35.5. The third-order valence-corrected chi connectivity index (χ3v) is 8.59. The smallest absolute Gasteiger partial charge is 0.165 e. The van der Waals surface area contributed by atoms with Crippen molar-refractivity contribution in [1.82, 2.24) is 30.6 Å². The van der Waals surface area contributed by atoms with Crippen molar-refractivity contribution < 1.29 is 18.6 Å². The number of aromatic hydroxyl groups is 1. The summed E-state index contributed by atoms with van der Waals surface area (Å²) in [5.41, 5.74) is 24.2. The average Bonchev–Trinajstić information content (AvgIpc) is 3.24. The van der Waals surface area contributed by atoms with Gasteiger partial charge in [-0.2, -0.15) is 0 Å². The van der Waals surface area contributed by atoms with Gasteiger partial charge in [-0.15, -0.1) is 30.6 Å². The second-order valence-corrected chi connectivity index (χ2v) is 12.5. The number of nitrogen functional groups attached to an aromatic ring is 3. The maximum absolute atomic E-state index is 13.8. The van der Waals surface area contributed by atoms with Crippen LogP contribution >= 0.6 is 11.6 Å². The Hall–Kier alpha value is -7.51. The first-order chi connectivity index (χ1) is 27.6. The fraction of sp³-hybridized carbons (Fsp3) is 0.0233. The molecule has 7 N–H and O–H groups in total. The molecule has 11 nitrogen and oxygen atoms in total. The third-order valence-electron chi connectivity index (χ3n) is 8.40. The summed E-state index contributed by atoms with van der Waals surface area (Å²) in [7, 11) is 1.42. The number of hydrogen-bond acceptors (Lipinski definition) is 11. The molecule has 5 aromatic carbocycles. The monoisotopic (exact) mass is 781 g/mol. The van der Waals surface area contributed by atoms with E-state index in [1.165, 1.54) is 25.3 Å². The van der Waals surface area contributed by atoms with Crippen LogP contribution in [-0.4, -0.2) is 42.8 Å². The van der Waals surface area contributed by atoms with Gasteiger partial charge >= 0.3 is 0 Å². The lowest BCUT2D eigenvalue weighted by atomic mass is 10.0. The molecular formula is C43H34ClF2N9O2. The van der Waals surface area contributed by atoms with Crippen LogP contribution in [0.5, 0.6) is 11.5 Å². The van der Waals surface area contributed by atoms with Crippen LogP contribution in [0.3, 0.4) is 0 Å². The number of hydrogen-bond donors (Lipinski definition) is 4. The lowest BCUT2D eigenvalue weighted by Crippen LogP contribution is -2.00. The Morgan fingerprint density at radius 1 is 0.474 bits per heavy atom. The topological polar surface area (TPSA) is 185 Å². The van der Waals surface area contributed by atoms with E-state index in [0.717, 1.165) is 27.8 Å². The van der Waals surface area contributed by atoms with E-state index in [1.807, 2.05) is 91.0 Å². The molecule has 0 aliphatic carbocycles. The molecule has 8 rings (SSSR count). The highest BCUT2D eigenvalue weighted by Gasteiger charge is 2.16. The second-order valence-electron chi connectivity index (χ2n) is 12.1. The summed E-state index contributed by atoms with van der Waals surface area (Å²) in [6.45, 7) is 0. The van der Waals surface area contributed by atoms with Crippen molar-refractivity contribution in [3.05, 3.63) is 162 Å². The molecule has 0 spiro atoms. The Labute approximate surface area is 331 Å². The van der Waals surface area contributed by atoms with E-state index in [9.17, 15) is 13.9 Å². The molecule has 0 fully saturated rings. The van der Waals surface area contributed by atoms with E-state index < -0.39 is 17.4 Å². The standard InChI is InChI=1S/C17H14FN3O.C16H12FN3O.C10H8ClN3/c1-22-16-12(8-5-9-14(16)18)15-10-13(17(19)21-20-15)11-6-3-2-4-7-11;17-13-8-4-7-11(15(13)21)14-9-12(16(18)20-19-14)10-5-2-1-3-6-10;11-9-6-8(10(12)14-13-9)7-4-2-1-3-5-7/h2-10H,1H3,(H2,19,21);1-9,21H,(H2,18,20);1-6H,(H2,12,14). The number of para-hydroxylation sites is 2. The molecular weight excluding hydrogens is 748 g/mol. The first kappa shape index (κ1) is 39.2. The summed E-state index contributed by atoms with van der Waals surface area (Å²) in [5, 5.41) is 33.4. The van der Waals surface area contributed by atoms with Crippen LogP contribution in [0.1, 0.15) is 0 Å². The number of nitrogens with zero attached hydrogens (tertiary/aromatic N) is 6. The predicted molar refractivity (Wildman–Crippen MR) is 220 cm³/mol. The van der Waals surface area contributed by atoms with Gasteiger partial charge in [-0.05, 0) is 59.2 Å². The van der Waals surface area contributed by atoms with Gasteiger partial charge < -0.3 is 27.0 Å². The van der Waals surface area contributed by atoms with Gasteiger partial charge in [0.15, 0.2) is 45.7 Å². The highest BCUT2D eigenvalue weighted by Crippen LogP contribution is 2.35. The minimum absolute atomic E-state index is 0.139. The second kappa shape index (κ2) is 18.2. The van der Waals surface area contributed by atoms with Crippen LogP contribution in [-0.2, 0) is 0 Å². The molecule has 3 aromatic heterocycles. The number of halogens is 3. The van der Waals surface area contributed by atoms with Gasteiger partial charge in [-0.1, -0.05) is 115 Å². The van der Waals surface area contributed by atoms with E-state index in [-0.39, 0.29) is 17.1 Å². The van der Waals surface area contributed by atoms with Crippen molar-refractivity contribution in [2.45, 2.75) is 0 Å². The molecule has 14 heteroatoms. The number of ether oxygens (including phenoxy) is 1. The molecule has 0 atom stereocenters.